The van der Waals surface area contributed by atoms with Gasteiger partial charge in [0.25, 0.3) is 0 Å². The van der Waals surface area contributed by atoms with Crippen molar-refractivity contribution in [1.29, 1.82) is 0 Å². The maximum atomic E-state index is 5.22. The van der Waals surface area contributed by atoms with Crippen LogP contribution in [0.15, 0.2) is 497 Å². The van der Waals surface area contributed by atoms with Gasteiger partial charge in [0.15, 0.2) is 0 Å². The first kappa shape index (κ1) is 84.3. The summed E-state index contributed by atoms with van der Waals surface area (Å²) in [7, 11) is 0. The number of hydrogen-bond donors (Lipinski definition) is 0. The largest absolute Gasteiger partial charge is 0.309 e. The number of para-hydroxylation sites is 4. The number of benzene rings is 26. The Morgan fingerprint density at radius 1 is 0.133 bits per heavy atom. The maximum Gasteiger partial charge on any atom is 0.124 e. The van der Waals surface area contributed by atoms with Gasteiger partial charge in [0.2, 0.25) is 0 Å². The molecule has 150 heavy (non-hydrogen) atoms. The molecule has 0 aliphatic carbocycles. The summed E-state index contributed by atoms with van der Waals surface area (Å²) in [6.07, 6.45) is 0. The molecule has 26 aromatic carbocycles. The summed E-state index contributed by atoms with van der Waals surface area (Å²) in [5, 5.41) is 40.7. The molecule has 0 saturated heterocycles. The lowest BCUT2D eigenvalue weighted by molar-refractivity contribution is 1.17. The summed E-state index contributed by atoms with van der Waals surface area (Å²) in [4.78, 5) is 15.6. The van der Waals surface area contributed by atoms with Crippen molar-refractivity contribution in [3.05, 3.63) is 497 Å². The molecular formula is C139H82N8S3. The van der Waals surface area contributed by atoms with Crippen LogP contribution in [-0.2, 0) is 0 Å². The Kier molecular flexibility index (Phi) is 18.7. The second-order valence-electron chi connectivity index (χ2n) is 39.5. The highest BCUT2D eigenvalue weighted by molar-refractivity contribution is 7.22. The molecular weight excluding hydrogens is 1880 g/mol. The van der Waals surface area contributed by atoms with Gasteiger partial charge in [-0.3, -0.25) is 0 Å². The lowest BCUT2D eigenvalue weighted by atomic mass is 10.00. The number of thiazole rings is 3. The van der Waals surface area contributed by atoms with E-state index < -0.39 is 0 Å². The molecule has 34 rings (SSSR count). The average Bonchev–Trinajstić information content (AvgIpc) is 1.58. The smallest absolute Gasteiger partial charge is 0.124 e. The fourth-order valence-corrected chi connectivity index (χ4v) is 27.6. The fraction of sp³-hybridized carbons (Fsp3) is 0. The quantitative estimate of drug-likeness (QED) is 0.142. The zero-order chi connectivity index (χ0) is 98.0. The molecule has 0 amide bonds. The summed E-state index contributed by atoms with van der Waals surface area (Å²) in [5.41, 5.74) is 24.6. The average molecular weight is 1960 g/mol. The van der Waals surface area contributed by atoms with Crippen LogP contribution in [0.25, 0.3) is 308 Å². The predicted octanol–water partition coefficient (Wildman–Crippen LogP) is 38.9. The van der Waals surface area contributed by atoms with Gasteiger partial charge in [-0.15, -0.1) is 34.0 Å². The van der Waals surface area contributed by atoms with E-state index in [2.05, 4.69) is 520 Å². The van der Waals surface area contributed by atoms with Gasteiger partial charge in [0.05, 0.1) is 85.8 Å². The van der Waals surface area contributed by atoms with Crippen LogP contribution in [0.5, 0.6) is 0 Å². The van der Waals surface area contributed by atoms with E-state index in [1.54, 1.807) is 34.0 Å². The van der Waals surface area contributed by atoms with Gasteiger partial charge in [-0.25, -0.2) is 15.0 Å². The van der Waals surface area contributed by atoms with E-state index in [1.807, 2.05) is 0 Å². The van der Waals surface area contributed by atoms with Crippen molar-refractivity contribution in [2.24, 2.45) is 0 Å². The molecule has 0 saturated carbocycles. The van der Waals surface area contributed by atoms with Gasteiger partial charge in [-0.1, -0.05) is 358 Å². The summed E-state index contributed by atoms with van der Waals surface area (Å²) in [6.45, 7) is 0. The Hall–Kier alpha value is -19.0. The highest BCUT2D eigenvalue weighted by Gasteiger charge is 2.27. The van der Waals surface area contributed by atoms with Crippen LogP contribution in [-0.4, -0.2) is 37.8 Å². The van der Waals surface area contributed by atoms with Crippen LogP contribution in [0, 0.1) is 0 Å². The highest BCUT2D eigenvalue weighted by atomic mass is 32.1. The standard InChI is InChI=1S/C53H31N3S.C45H27N3S.C41H24N2S/c1-2-12-35(13-3-1)53-54-52-48(57-53)29-22-34-18-19-36-30-37(23-25-41(36)49(34)52)55-44-17-9-8-16-42(44)43-31-38(24-28-45(43)55)56-46-26-20-32-10-4-6-14-39(32)50(46)51-40-15-7-5-11-33(40)21-27-47(51)56;1-3-11-29(12-4-1)45-46-44-42(49-45)24-21-28-19-20-30-25-32(22-23-33(30)43(28)44)48-39-18-10-8-16-35(39)37-26-36-34-15-7-9-17-38(34)47(40(36)27-41(37)48)31-13-5-2-6-14-31;1-2-10-28(11-3-1)41-42-40-36(44-41)23-18-27-14-15-29-24-30(19-20-33(29)37(27)40)43-34-21-16-25-8-4-6-12-31(25)38(34)39-32-13-7-5-9-26(32)17-22-35(39)43/h1-31H;1-27H;1-24H. The van der Waals surface area contributed by atoms with E-state index in [0.29, 0.717) is 0 Å². The third-order valence-electron chi connectivity index (χ3n) is 31.3. The normalized spacial score (nSPS) is 12.1. The molecule has 8 heterocycles. The Morgan fingerprint density at radius 3 is 0.727 bits per heavy atom. The highest BCUT2D eigenvalue weighted by Crippen LogP contribution is 2.50. The van der Waals surface area contributed by atoms with Gasteiger partial charge in [-0.2, -0.15) is 0 Å². The SMILES string of the molecule is c1ccc(-c2nc3c(ccc4ccc5cc(-n6c7ccc8ccccc8c7c7c8ccccc8ccc76)ccc5c43)s2)cc1.c1ccc(-c2nc3c(ccc4ccc5cc(-n6c7ccccc7c7cc(-n8c9ccc%10ccccc%10c9c9c%10ccccc%10ccc98)ccc76)ccc5c43)s2)cc1.c1ccc(-c2nc3c(ccc4ccc5cc(-n6c7ccccc7c7cc8c9ccccc9n(-c9ccccc9)c8cc76)ccc5c43)s2)cc1. The van der Waals surface area contributed by atoms with Crippen molar-refractivity contribution < 1.29 is 0 Å². The third-order valence-corrected chi connectivity index (χ3v) is 34.6. The summed E-state index contributed by atoms with van der Waals surface area (Å²) in [5.74, 6) is 0. The van der Waals surface area contributed by atoms with Crippen LogP contribution in [0.1, 0.15) is 0 Å². The molecule has 696 valence electrons. The van der Waals surface area contributed by atoms with Crippen molar-refractivity contribution >= 4 is 281 Å². The topological polar surface area (TPSA) is 63.3 Å². The Labute approximate surface area is 869 Å². The Morgan fingerprint density at radius 2 is 0.373 bits per heavy atom. The first-order valence-electron chi connectivity index (χ1n) is 51.1. The van der Waals surface area contributed by atoms with Gasteiger partial charge in [-0.05, 0) is 231 Å². The molecule has 0 bridgehead atoms. The minimum absolute atomic E-state index is 1.05. The number of nitrogens with zero attached hydrogens (tertiary/aromatic N) is 8. The molecule has 11 heteroatoms. The van der Waals surface area contributed by atoms with Crippen molar-refractivity contribution in [3.63, 3.8) is 0 Å². The lowest BCUT2D eigenvalue weighted by Gasteiger charge is -2.12. The number of fused-ring (bicyclic) bond motifs is 38. The Bertz CT molecular complexity index is 11600. The summed E-state index contributed by atoms with van der Waals surface area (Å²) >= 11 is 5.29. The molecule has 0 spiro atoms. The van der Waals surface area contributed by atoms with E-state index in [0.717, 1.165) is 76.7 Å². The molecule has 0 aliphatic heterocycles. The van der Waals surface area contributed by atoms with Crippen molar-refractivity contribution in [3.8, 4) is 60.2 Å². The molecule has 0 unspecified atom stereocenters. The van der Waals surface area contributed by atoms with Gasteiger partial charge in [0.1, 0.15) is 15.0 Å². The van der Waals surface area contributed by atoms with Crippen LogP contribution in [0.2, 0.25) is 0 Å². The number of hydrogen-bond acceptors (Lipinski definition) is 6. The monoisotopic (exact) mass is 1960 g/mol. The molecule has 0 atom stereocenters. The zero-order valence-electron chi connectivity index (χ0n) is 80.6. The molecule has 0 N–H and O–H groups in total. The molecule has 0 aliphatic rings. The maximum absolute atomic E-state index is 5.22. The first-order valence-corrected chi connectivity index (χ1v) is 53.5. The molecule has 8 nitrogen and oxygen atoms in total. The van der Waals surface area contributed by atoms with Gasteiger partial charge in [0, 0.05) is 115 Å². The van der Waals surface area contributed by atoms with Crippen LogP contribution >= 0.6 is 34.0 Å². The molecule has 34 aromatic rings. The summed E-state index contributed by atoms with van der Waals surface area (Å²) < 4.78 is 15.8. The minimum Gasteiger partial charge on any atom is -0.309 e. The van der Waals surface area contributed by atoms with E-state index in [9.17, 15) is 0 Å². The third kappa shape index (κ3) is 12.9. The second kappa shape index (κ2) is 33.3. The van der Waals surface area contributed by atoms with Gasteiger partial charge < -0.3 is 22.8 Å². The van der Waals surface area contributed by atoms with E-state index >= 15 is 0 Å². The minimum atomic E-state index is 1.05. The predicted molar refractivity (Wildman–Crippen MR) is 642 cm³/mol. The van der Waals surface area contributed by atoms with Crippen molar-refractivity contribution in [2.45, 2.75) is 0 Å². The van der Waals surface area contributed by atoms with Crippen molar-refractivity contribution in [2.75, 3.05) is 0 Å². The van der Waals surface area contributed by atoms with Crippen molar-refractivity contribution in [1.82, 2.24) is 37.8 Å². The van der Waals surface area contributed by atoms with Crippen LogP contribution < -0.4 is 0 Å². The van der Waals surface area contributed by atoms with E-state index in [-0.39, 0.29) is 0 Å². The fourth-order valence-electron chi connectivity index (χ4n) is 24.7. The Balaban J connectivity index is 0.000000100. The molecule has 0 radical (unpaired) electrons. The van der Waals surface area contributed by atoms with Gasteiger partial charge >= 0.3 is 0 Å². The first-order chi connectivity index (χ1) is 74.4. The van der Waals surface area contributed by atoms with E-state index in [4.69, 9.17) is 15.0 Å². The number of rotatable bonds is 8. The summed E-state index contributed by atoms with van der Waals surface area (Å²) in [6, 6.07) is 181. The molecule has 8 aromatic heterocycles. The van der Waals surface area contributed by atoms with E-state index in [1.165, 1.54) is 231 Å². The van der Waals surface area contributed by atoms with Crippen LogP contribution in [0.3, 0.4) is 0 Å². The second-order valence-corrected chi connectivity index (χ2v) is 42.6. The number of aromatic nitrogens is 8. The van der Waals surface area contributed by atoms with Crippen LogP contribution in [0.4, 0.5) is 0 Å². The zero-order valence-corrected chi connectivity index (χ0v) is 83.1. The molecule has 0 fully saturated rings. The lowest BCUT2D eigenvalue weighted by Crippen LogP contribution is -1.96.